The Kier molecular flexibility index (Phi) is 4.76. The quantitative estimate of drug-likeness (QED) is 0.850. The Balaban J connectivity index is 2.16. The maximum atomic E-state index is 12.6. The second kappa shape index (κ2) is 6.24. The number of ether oxygens (including phenoxy) is 1. The van der Waals surface area contributed by atoms with E-state index < -0.39 is 40.7 Å². The highest BCUT2D eigenvalue weighted by atomic mass is 19.4. The number of halogens is 3. The number of amides is 1. The fourth-order valence-corrected chi connectivity index (χ4v) is 3.34. The fourth-order valence-electron chi connectivity index (χ4n) is 3.34. The molecule has 0 aromatic heterocycles. The van der Waals surface area contributed by atoms with Crippen LogP contribution in [0.25, 0.3) is 0 Å². The lowest BCUT2D eigenvalue weighted by Gasteiger charge is -2.37. The van der Waals surface area contributed by atoms with Crippen LogP contribution in [0.5, 0.6) is 5.75 Å². The molecule has 8 heteroatoms. The van der Waals surface area contributed by atoms with Crippen LogP contribution in [0.1, 0.15) is 33.6 Å². The third-order valence-corrected chi connectivity index (χ3v) is 5.35. The van der Waals surface area contributed by atoms with Crippen molar-refractivity contribution in [2.75, 3.05) is 5.32 Å². The Morgan fingerprint density at radius 2 is 1.92 bits per heavy atom. The minimum atomic E-state index is -4.82. The highest BCUT2D eigenvalue weighted by molar-refractivity contribution is 5.94. The van der Waals surface area contributed by atoms with E-state index in [1.54, 1.807) is 20.8 Å². The van der Waals surface area contributed by atoms with Crippen LogP contribution in [-0.4, -0.2) is 23.3 Å². The molecule has 0 aliphatic heterocycles. The van der Waals surface area contributed by atoms with Gasteiger partial charge in [-0.1, -0.05) is 19.9 Å². The van der Waals surface area contributed by atoms with Gasteiger partial charge in [-0.05, 0) is 37.3 Å². The van der Waals surface area contributed by atoms with Gasteiger partial charge in [0.25, 0.3) is 0 Å². The van der Waals surface area contributed by atoms with Crippen molar-refractivity contribution >= 4 is 17.6 Å². The molecule has 1 aromatic rings. The largest absolute Gasteiger partial charge is 0.573 e. The van der Waals surface area contributed by atoms with Gasteiger partial charge in [0.1, 0.15) is 5.75 Å². The molecule has 1 saturated carbocycles. The topological polar surface area (TPSA) is 75.6 Å². The normalized spacial score (nSPS) is 25.4. The lowest BCUT2D eigenvalue weighted by Crippen LogP contribution is -2.43. The van der Waals surface area contributed by atoms with Gasteiger partial charge in [-0.3, -0.25) is 9.59 Å². The molecule has 1 aliphatic carbocycles. The number of aliphatic carboxylic acids is 1. The summed E-state index contributed by atoms with van der Waals surface area (Å²) in [7, 11) is 0. The molecule has 0 radical (unpaired) electrons. The molecule has 1 aliphatic rings. The van der Waals surface area contributed by atoms with Crippen molar-refractivity contribution in [3.63, 3.8) is 0 Å². The van der Waals surface area contributed by atoms with E-state index in [0.29, 0.717) is 12.8 Å². The van der Waals surface area contributed by atoms with E-state index in [9.17, 15) is 27.9 Å². The summed E-state index contributed by atoms with van der Waals surface area (Å²) in [5.41, 5.74) is -1.69. The average molecular weight is 359 g/mol. The standard InChI is InChI=1S/C17H20F3NO4/c1-15(2)12(7-8-16(15,3)14(23)24)13(22)21-10-5-4-6-11(9-10)25-17(18,19)20/h4-6,9,12H,7-8H2,1-3H3,(H,21,22)(H,23,24)/t12?,16-/m0/s1. The lowest BCUT2D eigenvalue weighted by molar-refractivity contribution is -0.274. The summed E-state index contributed by atoms with van der Waals surface area (Å²) >= 11 is 0. The smallest absolute Gasteiger partial charge is 0.481 e. The predicted molar refractivity (Wildman–Crippen MR) is 84.0 cm³/mol. The zero-order valence-corrected chi connectivity index (χ0v) is 14.1. The highest BCUT2D eigenvalue weighted by Gasteiger charge is 2.58. The Labute approximate surface area is 143 Å². The van der Waals surface area contributed by atoms with Crippen LogP contribution in [-0.2, 0) is 9.59 Å². The number of hydrogen-bond acceptors (Lipinski definition) is 3. The van der Waals surface area contributed by atoms with E-state index in [2.05, 4.69) is 10.1 Å². The van der Waals surface area contributed by atoms with Gasteiger partial charge in [0.15, 0.2) is 0 Å². The van der Waals surface area contributed by atoms with Crippen LogP contribution in [0.15, 0.2) is 24.3 Å². The molecule has 1 aromatic carbocycles. The summed E-state index contributed by atoms with van der Waals surface area (Å²) in [5, 5.41) is 12.1. The zero-order valence-electron chi connectivity index (χ0n) is 14.1. The number of rotatable bonds is 4. The Hall–Kier alpha value is -2.25. The summed E-state index contributed by atoms with van der Waals surface area (Å²) < 4.78 is 40.7. The average Bonchev–Trinajstić information content (AvgIpc) is 2.69. The van der Waals surface area contributed by atoms with E-state index in [1.165, 1.54) is 12.1 Å². The van der Waals surface area contributed by atoms with Gasteiger partial charge in [0, 0.05) is 17.7 Å². The molecule has 1 amide bonds. The van der Waals surface area contributed by atoms with Gasteiger partial charge < -0.3 is 15.2 Å². The second-order valence-electron chi connectivity index (χ2n) is 7.02. The van der Waals surface area contributed by atoms with Crippen molar-refractivity contribution in [1.82, 2.24) is 0 Å². The first-order chi connectivity index (χ1) is 11.4. The number of benzene rings is 1. The molecule has 2 rings (SSSR count). The summed E-state index contributed by atoms with van der Waals surface area (Å²) in [5.74, 6) is -2.39. The maximum Gasteiger partial charge on any atom is 0.573 e. The van der Waals surface area contributed by atoms with Gasteiger partial charge in [0.05, 0.1) is 5.41 Å². The fraction of sp³-hybridized carbons (Fsp3) is 0.529. The van der Waals surface area contributed by atoms with E-state index in [1.807, 2.05) is 0 Å². The molecular formula is C17H20F3NO4. The van der Waals surface area contributed by atoms with Crippen molar-refractivity contribution in [1.29, 1.82) is 0 Å². The van der Waals surface area contributed by atoms with Crippen molar-refractivity contribution in [3.8, 4) is 5.75 Å². The van der Waals surface area contributed by atoms with Crippen LogP contribution >= 0.6 is 0 Å². The number of nitrogens with one attached hydrogen (secondary N) is 1. The van der Waals surface area contributed by atoms with E-state index in [-0.39, 0.29) is 5.69 Å². The molecule has 0 heterocycles. The monoisotopic (exact) mass is 359 g/mol. The van der Waals surface area contributed by atoms with Crippen LogP contribution in [0, 0.1) is 16.7 Å². The predicted octanol–water partition coefficient (Wildman–Crippen LogP) is 4.05. The number of carbonyl (C=O) groups is 2. The zero-order chi connectivity index (χ0) is 19.0. The first-order valence-corrected chi connectivity index (χ1v) is 7.77. The van der Waals surface area contributed by atoms with Gasteiger partial charge in [-0.25, -0.2) is 0 Å². The number of hydrogen-bond donors (Lipinski definition) is 2. The molecule has 138 valence electrons. The molecule has 1 unspecified atom stereocenters. The van der Waals surface area contributed by atoms with Crippen LogP contribution < -0.4 is 10.1 Å². The molecular weight excluding hydrogens is 339 g/mol. The summed E-state index contributed by atoms with van der Waals surface area (Å²) in [4.78, 5) is 24.2. The summed E-state index contributed by atoms with van der Waals surface area (Å²) in [6.45, 7) is 5.06. The molecule has 0 spiro atoms. The van der Waals surface area contributed by atoms with E-state index in [0.717, 1.165) is 12.1 Å². The minimum Gasteiger partial charge on any atom is -0.481 e. The van der Waals surface area contributed by atoms with Crippen molar-refractivity contribution in [2.24, 2.45) is 16.7 Å². The third kappa shape index (κ3) is 3.72. The molecule has 1 fully saturated rings. The molecule has 25 heavy (non-hydrogen) atoms. The maximum absolute atomic E-state index is 12.6. The number of carboxylic acids is 1. The van der Waals surface area contributed by atoms with Gasteiger partial charge in [-0.15, -0.1) is 13.2 Å². The first-order valence-electron chi connectivity index (χ1n) is 7.77. The Morgan fingerprint density at radius 1 is 1.28 bits per heavy atom. The van der Waals surface area contributed by atoms with Crippen molar-refractivity contribution < 1.29 is 32.6 Å². The van der Waals surface area contributed by atoms with Crippen molar-refractivity contribution in [2.45, 2.75) is 40.0 Å². The van der Waals surface area contributed by atoms with Gasteiger partial charge >= 0.3 is 12.3 Å². The van der Waals surface area contributed by atoms with Gasteiger partial charge in [-0.2, -0.15) is 0 Å². The highest BCUT2D eigenvalue weighted by Crippen LogP contribution is 2.56. The minimum absolute atomic E-state index is 0.159. The lowest BCUT2D eigenvalue weighted by atomic mass is 9.65. The molecule has 2 atom stereocenters. The molecule has 0 bridgehead atoms. The summed E-state index contributed by atoms with van der Waals surface area (Å²) in [6, 6.07) is 4.98. The van der Waals surface area contributed by atoms with E-state index >= 15 is 0 Å². The first kappa shape index (κ1) is 19.1. The number of alkyl halides is 3. The van der Waals surface area contributed by atoms with Crippen LogP contribution in [0.4, 0.5) is 18.9 Å². The second-order valence-corrected chi connectivity index (χ2v) is 7.02. The SMILES string of the molecule is CC1(C)C(C(=O)Nc2cccc(OC(F)(F)F)c2)CC[C@@]1(C)C(=O)O. The van der Waals surface area contributed by atoms with E-state index in [4.69, 9.17) is 0 Å². The molecule has 5 nitrogen and oxygen atoms in total. The Bertz CT molecular complexity index is 687. The van der Waals surface area contributed by atoms with Crippen LogP contribution in [0.3, 0.4) is 0 Å². The molecule has 0 saturated heterocycles. The number of carboxylic acid groups (broad SMARTS) is 1. The third-order valence-electron chi connectivity index (χ3n) is 5.35. The van der Waals surface area contributed by atoms with Crippen molar-refractivity contribution in [3.05, 3.63) is 24.3 Å². The number of carbonyl (C=O) groups excluding carboxylic acids is 1. The molecule has 2 N–H and O–H groups in total. The van der Waals surface area contributed by atoms with Gasteiger partial charge in [0.2, 0.25) is 5.91 Å². The summed E-state index contributed by atoms with van der Waals surface area (Å²) in [6.07, 6.45) is -4.08. The Morgan fingerprint density at radius 3 is 2.44 bits per heavy atom. The van der Waals surface area contributed by atoms with Crippen LogP contribution in [0.2, 0.25) is 0 Å². The number of anilines is 1.